The molecule has 0 bridgehead atoms. The molecule has 1 saturated heterocycles. The van der Waals surface area contributed by atoms with E-state index in [2.05, 4.69) is 5.32 Å². The van der Waals surface area contributed by atoms with Gasteiger partial charge in [0.05, 0.1) is 0 Å². The zero-order chi connectivity index (χ0) is 11.5. The molecule has 88 valence electrons. The molecule has 0 aliphatic carbocycles. The van der Waals surface area contributed by atoms with Gasteiger partial charge in [0.15, 0.2) is 0 Å². The van der Waals surface area contributed by atoms with Gasteiger partial charge in [0.25, 0.3) is 0 Å². The first-order chi connectivity index (χ1) is 6.91. The van der Waals surface area contributed by atoms with Crippen LogP contribution in [0.1, 0.15) is 19.8 Å². The van der Waals surface area contributed by atoms with Gasteiger partial charge in [0.1, 0.15) is 6.04 Å². The number of nitrogens with one attached hydrogen (secondary N) is 2. The van der Waals surface area contributed by atoms with E-state index in [-0.39, 0.29) is 5.92 Å². The van der Waals surface area contributed by atoms with E-state index in [1.165, 1.54) is 0 Å². The highest BCUT2D eigenvalue weighted by Crippen LogP contribution is 2.20. The number of hydrogen-bond acceptors (Lipinski definition) is 2. The molecule has 1 amide bonds. The minimum absolute atomic E-state index is 0.281. The predicted molar refractivity (Wildman–Crippen MR) is 49.3 cm³/mol. The Kier molecular flexibility index (Phi) is 3.96. The van der Waals surface area contributed by atoms with Crippen molar-refractivity contribution < 1.29 is 18.0 Å². The average molecular weight is 224 g/mol. The Morgan fingerprint density at radius 2 is 1.93 bits per heavy atom. The summed E-state index contributed by atoms with van der Waals surface area (Å²) in [5.74, 6) is -0.766. The highest BCUT2D eigenvalue weighted by atomic mass is 19.4. The van der Waals surface area contributed by atoms with Crippen molar-refractivity contribution in [3.8, 4) is 0 Å². The zero-order valence-electron chi connectivity index (χ0n) is 8.53. The quantitative estimate of drug-likeness (QED) is 0.736. The molecule has 1 rings (SSSR count). The van der Waals surface area contributed by atoms with E-state index < -0.39 is 18.1 Å². The van der Waals surface area contributed by atoms with Crippen molar-refractivity contribution in [2.75, 3.05) is 13.1 Å². The standard InChI is InChI=1S/C9H15F3N2O/c1-6(9(10,11)12)14-8(15)7-2-4-13-5-3-7/h6-7,13H,2-5H2,1H3,(H,14,15). The Hall–Kier alpha value is -0.780. The predicted octanol–water partition coefficient (Wildman–Crippen LogP) is 1.05. The van der Waals surface area contributed by atoms with Crippen LogP contribution in [-0.4, -0.2) is 31.2 Å². The lowest BCUT2D eigenvalue weighted by Crippen LogP contribution is -2.47. The molecule has 15 heavy (non-hydrogen) atoms. The molecule has 6 heteroatoms. The number of alkyl halides is 3. The summed E-state index contributed by atoms with van der Waals surface area (Å²) in [7, 11) is 0. The topological polar surface area (TPSA) is 41.1 Å². The van der Waals surface area contributed by atoms with Crippen LogP contribution in [0.4, 0.5) is 13.2 Å². The van der Waals surface area contributed by atoms with Gasteiger partial charge in [-0.25, -0.2) is 0 Å². The van der Waals surface area contributed by atoms with Crippen molar-refractivity contribution in [3.05, 3.63) is 0 Å². The molecule has 2 N–H and O–H groups in total. The van der Waals surface area contributed by atoms with Gasteiger partial charge in [-0.1, -0.05) is 0 Å². The van der Waals surface area contributed by atoms with Gasteiger partial charge < -0.3 is 10.6 Å². The lowest BCUT2D eigenvalue weighted by Gasteiger charge is -2.24. The maximum atomic E-state index is 12.1. The Balaban J connectivity index is 2.40. The van der Waals surface area contributed by atoms with E-state index in [0.29, 0.717) is 25.9 Å². The SMILES string of the molecule is CC(NC(=O)C1CCNCC1)C(F)(F)F. The van der Waals surface area contributed by atoms with Gasteiger partial charge in [-0.05, 0) is 32.9 Å². The number of carbonyl (C=O) groups is 1. The van der Waals surface area contributed by atoms with Crippen LogP contribution >= 0.6 is 0 Å². The molecule has 0 aromatic rings. The normalized spacial score (nSPS) is 21.1. The lowest BCUT2D eigenvalue weighted by molar-refractivity contribution is -0.159. The smallest absolute Gasteiger partial charge is 0.344 e. The minimum atomic E-state index is -4.36. The van der Waals surface area contributed by atoms with E-state index in [9.17, 15) is 18.0 Å². The van der Waals surface area contributed by atoms with Crippen molar-refractivity contribution in [1.29, 1.82) is 0 Å². The lowest BCUT2D eigenvalue weighted by atomic mass is 9.97. The van der Waals surface area contributed by atoms with Crippen molar-refractivity contribution >= 4 is 5.91 Å². The number of halogens is 3. The minimum Gasteiger partial charge on any atom is -0.344 e. The van der Waals surface area contributed by atoms with Crippen LogP contribution in [0, 0.1) is 5.92 Å². The third-order valence-electron chi connectivity index (χ3n) is 2.56. The Labute approximate surface area is 86.4 Å². The molecular weight excluding hydrogens is 209 g/mol. The summed E-state index contributed by atoms with van der Waals surface area (Å²) in [5.41, 5.74) is 0. The summed E-state index contributed by atoms with van der Waals surface area (Å²) in [6.45, 7) is 2.34. The summed E-state index contributed by atoms with van der Waals surface area (Å²) >= 11 is 0. The number of carbonyl (C=O) groups excluding carboxylic acids is 1. The molecule has 1 heterocycles. The summed E-state index contributed by atoms with van der Waals surface area (Å²) in [6, 6.07) is -1.76. The Morgan fingerprint density at radius 1 is 1.40 bits per heavy atom. The second-order valence-corrected chi connectivity index (χ2v) is 3.80. The fraction of sp³-hybridized carbons (Fsp3) is 0.889. The van der Waals surface area contributed by atoms with Crippen LogP contribution < -0.4 is 10.6 Å². The van der Waals surface area contributed by atoms with E-state index >= 15 is 0 Å². The second kappa shape index (κ2) is 4.83. The molecule has 1 atom stereocenters. The average Bonchev–Trinajstić information content (AvgIpc) is 2.17. The molecule has 3 nitrogen and oxygen atoms in total. The van der Waals surface area contributed by atoms with E-state index in [4.69, 9.17) is 0 Å². The molecule has 0 radical (unpaired) electrons. The van der Waals surface area contributed by atoms with E-state index in [1.807, 2.05) is 5.32 Å². The number of piperidine rings is 1. The Bertz CT molecular complexity index is 224. The maximum absolute atomic E-state index is 12.1. The van der Waals surface area contributed by atoms with Gasteiger partial charge in [-0.15, -0.1) is 0 Å². The third kappa shape index (κ3) is 3.70. The molecule has 1 unspecified atom stereocenters. The summed E-state index contributed by atoms with van der Waals surface area (Å²) in [6.07, 6.45) is -3.14. The molecule has 1 aliphatic rings. The van der Waals surface area contributed by atoms with E-state index in [0.717, 1.165) is 6.92 Å². The number of rotatable bonds is 2. The van der Waals surface area contributed by atoms with Gasteiger partial charge in [0.2, 0.25) is 5.91 Å². The molecule has 0 aromatic carbocycles. The molecule has 1 aliphatic heterocycles. The first kappa shape index (κ1) is 12.3. The summed E-state index contributed by atoms with van der Waals surface area (Å²) in [5, 5.41) is 5.05. The molecule has 0 saturated carbocycles. The van der Waals surface area contributed by atoms with Crippen LogP contribution in [0.3, 0.4) is 0 Å². The van der Waals surface area contributed by atoms with Crippen LogP contribution in [0.15, 0.2) is 0 Å². The largest absolute Gasteiger partial charge is 0.408 e. The first-order valence-corrected chi connectivity index (χ1v) is 4.99. The Morgan fingerprint density at radius 3 is 2.40 bits per heavy atom. The van der Waals surface area contributed by atoms with Crippen LogP contribution in [-0.2, 0) is 4.79 Å². The highest BCUT2D eigenvalue weighted by molar-refractivity contribution is 5.79. The number of amides is 1. The van der Waals surface area contributed by atoms with Crippen molar-refractivity contribution in [3.63, 3.8) is 0 Å². The van der Waals surface area contributed by atoms with Gasteiger partial charge >= 0.3 is 6.18 Å². The fourth-order valence-electron chi connectivity index (χ4n) is 1.50. The molecule has 1 fully saturated rings. The molecular formula is C9H15F3N2O. The van der Waals surface area contributed by atoms with Crippen molar-refractivity contribution in [1.82, 2.24) is 10.6 Å². The first-order valence-electron chi connectivity index (χ1n) is 4.99. The number of hydrogen-bond donors (Lipinski definition) is 2. The molecule has 0 spiro atoms. The maximum Gasteiger partial charge on any atom is 0.408 e. The van der Waals surface area contributed by atoms with Crippen LogP contribution in [0.5, 0.6) is 0 Å². The zero-order valence-corrected chi connectivity index (χ0v) is 8.53. The fourth-order valence-corrected chi connectivity index (χ4v) is 1.50. The monoisotopic (exact) mass is 224 g/mol. The third-order valence-corrected chi connectivity index (χ3v) is 2.56. The van der Waals surface area contributed by atoms with Gasteiger partial charge in [-0.3, -0.25) is 4.79 Å². The van der Waals surface area contributed by atoms with Gasteiger partial charge in [0, 0.05) is 5.92 Å². The second-order valence-electron chi connectivity index (χ2n) is 3.80. The van der Waals surface area contributed by atoms with Crippen molar-refractivity contribution in [2.45, 2.75) is 32.0 Å². The van der Waals surface area contributed by atoms with Crippen molar-refractivity contribution in [2.24, 2.45) is 5.92 Å². The van der Waals surface area contributed by atoms with Crippen LogP contribution in [0.2, 0.25) is 0 Å². The highest BCUT2D eigenvalue weighted by Gasteiger charge is 2.38. The van der Waals surface area contributed by atoms with E-state index in [1.54, 1.807) is 0 Å². The summed E-state index contributed by atoms with van der Waals surface area (Å²) < 4.78 is 36.4. The van der Waals surface area contributed by atoms with Crippen LogP contribution in [0.25, 0.3) is 0 Å². The van der Waals surface area contributed by atoms with Gasteiger partial charge in [-0.2, -0.15) is 13.2 Å². The molecule has 0 aromatic heterocycles. The summed E-state index contributed by atoms with van der Waals surface area (Å²) in [4.78, 5) is 11.4.